The Kier molecular flexibility index (Phi) is 2.36. The van der Waals surface area contributed by atoms with Gasteiger partial charge in [0.25, 0.3) is 0 Å². The summed E-state index contributed by atoms with van der Waals surface area (Å²) in [5.41, 5.74) is 1.15. The normalized spacial score (nSPS) is 23.2. The van der Waals surface area contributed by atoms with Crippen LogP contribution in [0.15, 0.2) is 12.3 Å². The molecule has 0 radical (unpaired) electrons. The maximum absolute atomic E-state index is 11.8. The average Bonchev–Trinajstić information content (AvgIpc) is 2.33. The van der Waals surface area contributed by atoms with Gasteiger partial charge in [0.05, 0.1) is 6.20 Å². The number of nitrogens with zero attached hydrogens (tertiary/aromatic N) is 3. The van der Waals surface area contributed by atoms with Gasteiger partial charge in [-0.25, -0.2) is 0 Å². The highest BCUT2D eigenvalue weighted by Gasteiger charge is 2.42. The number of hydrogen-bond donors (Lipinski definition) is 1. The van der Waals surface area contributed by atoms with Crippen molar-refractivity contribution in [3.63, 3.8) is 0 Å². The molecule has 5 heteroatoms. The van der Waals surface area contributed by atoms with E-state index in [9.17, 15) is 4.79 Å². The van der Waals surface area contributed by atoms with Crippen molar-refractivity contribution in [3.05, 3.63) is 17.8 Å². The minimum Gasteiger partial charge on any atom is -0.309 e. The predicted molar refractivity (Wildman–Crippen MR) is 63.7 cm³/mol. The van der Waals surface area contributed by atoms with Gasteiger partial charge in [-0.3, -0.25) is 4.79 Å². The van der Waals surface area contributed by atoms with Crippen LogP contribution >= 0.6 is 0 Å². The fourth-order valence-corrected chi connectivity index (χ4v) is 2.92. The smallest absolute Gasteiger partial charge is 0.226 e. The predicted octanol–water partition coefficient (Wildman–Crippen LogP) is 0.782. The number of rotatable bonds is 0. The molecule has 0 unspecified atom stereocenters. The largest absolute Gasteiger partial charge is 0.309 e. The number of likely N-dealkylation sites (tertiary alicyclic amines) is 1. The standard InChI is InChI=1S/C12H16N4O/c1-16-6-3-12(4-7-16)8-10(17)14-11-9(12)2-5-13-15-11/h2,5H,3-4,6-8H2,1H3,(H,14,15,17). The van der Waals surface area contributed by atoms with Crippen LogP contribution in [0, 0.1) is 0 Å². The van der Waals surface area contributed by atoms with E-state index in [0.29, 0.717) is 12.2 Å². The third-order valence-electron chi connectivity index (χ3n) is 3.99. The lowest BCUT2D eigenvalue weighted by molar-refractivity contribution is -0.118. The minimum absolute atomic E-state index is 0.0138. The Bertz CT molecular complexity index is 452. The van der Waals surface area contributed by atoms with Crippen LogP contribution in [-0.2, 0) is 10.2 Å². The van der Waals surface area contributed by atoms with Crippen LogP contribution in [0.3, 0.4) is 0 Å². The van der Waals surface area contributed by atoms with Gasteiger partial charge in [0, 0.05) is 17.4 Å². The average molecular weight is 232 g/mol. The number of carbonyl (C=O) groups excluding carboxylic acids is 1. The first kappa shape index (κ1) is 10.7. The zero-order chi connectivity index (χ0) is 11.9. The second-order valence-corrected chi connectivity index (χ2v) is 5.10. The fourth-order valence-electron chi connectivity index (χ4n) is 2.92. The number of anilines is 1. The highest BCUT2D eigenvalue weighted by molar-refractivity contribution is 5.94. The van der Waals surface area contributed by atoms with Crippen molar-refractivity contribution in [2.45, 2.75) is 24.7 Å². The molecule has 0 aromatic carbocycles. The molecule has 1 aromatic heterocycles. The van der Waals surface area contributed by atoms with Crippen LogP contribution in [0.5, 0.6) is 0 Å². The molecule has 2 aliphatic rings. The zero-order valence-electron chi connectivity index (χ0n) is 9.94. The van der Waals surface area contributed by atoms with Crippen LogP contribution in [0.4, 0.5) is 5.82 Å². The summed E-state index contributed by atoms with van der Waals surface area (Å²) in [4.78, 5) is 14.1. The lowest BCUT2D eigenvalue weighted by Gasteiger charge is -2.43. The molecule has 1 aromatic rings. The molecule has 1 amide bonds. The molecule has 0 bridgehead atoms. The molecule has 1 saturated heterocycles. The van der Waals surface area contributed by atoms with Crippen LogP contribution in [0.2, 0.25) is 0 Å². The van der Waals surface area contributed by atoms with Gasteiger partial charge in [-0.05, 0) is 39.0 Å². The Balaban J connectivity index is 2.02. The van der Waals surface area contributed by atoms with E-state index in [1.54, 1.807) is 6.20 Å². The molecule has 1 fully saturated rings. The summed E-state index contributed by atoms with van der Waals surface area (Å²) in [5.74, 6) is 0.732. The molecular formula is C12H16N4O. The van der Waals surface area contributed by atoms with Gasteiger partial charge >= 0.3 is 0 Å². The van der Waals surface area contributed by atoms with Crippen molar-refractivity contribution >= 4 is 11.7 Å². The molecule has 0 atom stereocenters. The third-order valence-corrected chi connectivity index (χ3v) is 3.99. The highest BCUT2D eigenvalue weighted by Crippen LogP contribution is 2.43. The van der Waals surface area contributed by atoms with E-state index in [1.165, 1.54) is 5.56 Å². The monoisotopic (exact) mass is 232 g/mol. The number of amides is 1. The molecular weight excluding hydrogens is 216 g/mol. The molecule has 0 saturated carbocycles. The number of carbonyl (C=O) groups is 1. The Labute approximate surface area is 100 Å². The first-order valence-electron chi connectivity index (χ1n) is 6.00. The number of nitrogens with one attached hydrogen (secondary N) is 1. The lowest BCUT2D eigenvalue weighted by Crippen LogP contribution is -2.46. The van der Waals surface area contributed by atoms with E-state index in [4.69, 9.17) is 0 Å². The molecule has 2 aliphatic heterocycles. The Hall–Kier alpha value is -1.49. The maximum Gasteiger partial charge on any atom is 0.226 e. The van der Waals surface area contributed by atoms with Crippen LogP contribution < -0.4 is 5.32 Å². The van der Waals surface area contributed by atoms with Gasteiger partial charge in [-0.1, -0.05) is 0 Å². The van der Waals surface area contributed by atoms with Crippen LogP contribution in [0.1, 0.15) is 24.8 Å². The maximum atomic E-state index is 11.8. The Morgan fingerprint density at radius 2 is 2.18 bits per heavy atom. The van der Waals surface area contributed by atoms with Crippen molar-refractivity contribution < 1.29 is 4.79 Å². The topological polar surface area (TPSA) is 58.1 Å². The first-order valence-corrected chi connectivity index (χ1v) is 6.00. The van der Waals surface area contributed by atoms with Crippen LogP contribution in [0.25, 0.3) is 0 Å². The van der Waals surface area contributed by atoms with Crippen molar-refractivity contribution in [3.8, 4) is 0 Å². The Morgan fingerprint density at radius 3 is 2.94 bits per heavy atom. The third kappa shape index (κ3) is 1.70. The van der Waals surface area contributed by atoms with Crippen molar-refractivity contribution in [1.29, 1.82) is 0 Å². The molecule has 17 heavy (non-hydrogen) atoms. The summed E-state index contributed by atoms with van der Waals surface area (Å²) in [6, 6.07) is 2.01. The van der Waals surface area contributed by atoms with Crippen molar-refractivity contribution in [2.24, 2.45) is 0 Å². The second-order valence-electron chi connectivity index (χ2n) is 5.10. The summed E-state index contributed by atoms with van der Waals surface area (Å²) in [7, 11) is 2.13. The van der Waals surface area contributed by atoms with E-state index in [-0.39, 0.29) is 11.3 Å². The van der Waals surface area contributed by atoms with E-state index >= 15 is 0 Å². The summed E-state index contributed by atoms with van der Waals surface area (Å²) in [6.45, 7) is 2.07. The number of piperidine rings is 1. The summed E-state index contributed by atoms with van der Waals surface area (Å²) < 4.78 is 0. The number of aromatic nitrogens is 2. The highest BCUT2D eigenvalue weighted by atomic mass is 16.1. The molecule has 0 aliphatic carbocycles. The summed E-state index contributed by atoms with van der Waals surface area (Å²) in [5, 5.41) is 10.7. The van der Waals surface area contributed by atoms with Crippen LogP contribution in [-0.4, -0.2) is 41.1 Å². The van der Waals surface area contributed by atoms with Crippen molar-refractivity contribution in [1.82, 2.24) is 15.1 Å². The number of fused-ring (bicyclic) bond motifs is 2. The molecule has 5 nitrogen and oxygen atoms in total. The minimum atomic E-state index is -0.0138. The Morgan fingerprint density at radius 1 is 1.41 bits per heavy atom. The molecule has 3 heterocycles. The van der Waals surface area contributed by atoms with Crippen molar-refractivity contribution in [2.75, 3.05) is 25.5 Å². The molecule has 1 N–H and O–H groups in total. The fraction of sp³-hybridized carbons (Fsp3) is 0.583. The number of hydrogen-bond acceptors (Lipinski definition) is 4. The molecule has 1 spiro atoms. The van der Waals surface area contributed by atoms with Gasteiger partial charge in [-0.15, -0.1) is 5.10 Å². The van der Waals surface area contributed by atoms with Gasteiger partial charge < -0.3 is 10.2 Å². The van der Waals surface area contributed by atoms with Gasteiger partial charge in [-0.2, -0.15) is 5.10 Å². The van der Waals surface area contributed by atoms with E-state index in [2.05, 4.69) is 27.5 Å². The van der Waals surface area contributed by atoms with E-state index in [0.717, 1.165) is 25.9 Å². The first-order chi connectivity index (χ1) is 8.20. The second kappa shape index (κ2) is 3.77. The van der Waals surface area contributed by atoms with Gasteiger partial charge in [0.1, 0.15) is 0 Å². The SMILES string of the molecule is CN1CCC2(CC1)CC(=O)Nc1nnccc12. The quantitative estimate of drug-likeness (QED) is 0.718. The van der Waals surface area contributed by atoms with Gasteiger partial charge in [0.2, 0.25) is 5.91 Å². The summed E-state index contributed by atoms with van der Waals surface area (Å²) >= 11 is 0. The lowest BCUT2D eigenvalue weighted by atomic mass is 9.69. The van der Waals surface area contributed by atoms with E-state index in [1.807, 2.05) is 6.07 Å². The molecule has 3 rings (SSSR count). The van der Waals surface area contributed by atoms with Gasteiger partial charge in [0.15, 0.2) is 5.82 Å². The molecule has 90 valence electrons. The zero-order valence-corrected chi connectivity index (χ0v) is 9.94. The summed E-state index contributed by atoms with van der Waals surface area (Å²) in [6.07, 6.45) is 4.35. The van der Waals surface area contributed by atoms with E-state index < -0.39 is 0 Å².